The second-order valence-electron chi connectivity index (χ2n) is 5.44. The van der Waals surface area contributed by atoms with Crippen molar-refractivity contribution < 1.29 is 9.59 Å². The first-order chi connectivity index (χ1) is 12.0. The molecular formula is C18H18N4O3. The van der Waals surface area contributed by atoms with Gasteiger partial charge in [-0.2, -0.15) is 5.26 Å². The molecule has 25 heavy (non-hydrogen) atoms. The van der Waals surface area contributed by atoms with E-state index in [0.29, 0.717) is 6.54 Å². The number of pyridine rings is 1. The topological polar surface area (TPSA) is 106 Å². The maximum absolute atomic E-state index is 12.5. The zero-order valence-corrected chi connectivity index (χ0v) is 13.8. The van der Waals surface area contributed by atoms with Gasteiger partial charge in [0.1, 0.15) is 5.56 Å². The van der Waals surface area contributed by atoms with Gasteiger partial charge in [-0.05, 0) is 11.6 Å². The molecule has 1 aromatic carbocycles. The van der Waals surface area contributed by atoms with Crippen LogP contribution in [0.2, 0.25) is 0 Å². The van der Waals surface area contributed by atoms with E-state index in [0.717, 1.165) is 5.56 Å². The zero-order chi connectivity index (χ0) is 18.2. The maximum atomic E-state index is 12.5. The Bertz CT molecular complexity index is 853. The van der Waals surface area contributed by atoms with Gasteiger partial charge in [0, 0.05) is 26.3 Å². The predicted octanol–water partition coefficient (Wildman–Crippen LogP) is 1.29. The second-order valence-corrected chi connectivity index (χ2v) is 5.44. The summed E-state index contributed by atoms with van der Waals surface area (Å²) in [5.74, 6) is -0.928. The number of aromatic amines is 1. The molecule has 0 spiro atoms. The molecule has 7 nitrogen and oxygen atoms in total. The SMILES string of the molecule is CN(Cc1ccccc1)C(=O)c1cc(C(=O)NCCC#N)c[nH]c1=O. The quantitative estimate of drug-likeness (QED) is 0.774. The van der Waals surface area contributed by atoms with Crippen LogP contribution in [0.3, 0.4) is 0 Å². The number of nitriles is 1. The maximum Gasteiger partial charge on any atom is 0.260 e. The van der Waals surface area contributed by atoms with Gasteiger partial charge in [0.2, 0.25) is 0 Å². The largest absolute Gasteiger partial charge is 0.351 e. The minimum absolute atomic E-state index is 0.105. The molecule has 0 saturated carbocycles. The van der Waals surface area contributed by atoms with E-state index in [4.69, 9.17) is 5.26 Å². The smallest absolute Gasteiger partial charge is 0.260 e. The molecule has 0 aliphatic carbocycles. The van der Waals surface area contributed by atoms with E-state index in [2.05, 4.69) is 10.3 Å². The zero-order valence-electron chi connectivity index (χ0n) is 13.8. The standard InChI is InChI=1S/C18H18N4O3/c1-22(12-13-6-3-2-4-7-13)18(25)15-10-14(11-21-17(15)24)16(23)20-9-5-8-19/h2-4,6-7,10-11H,5,9,12H2,1H3,(H,20,23)(H,21,24). The van der Waals surface area contributed by atoms with Crippen LogP contribution in [0, 0.1) is 11.3 Å². The summed E-state index contributed by atoms with van der Waals surface area (Å²) in [4.78, 5) is 40.3. The fraction of sp³-hybridized carbons (Fsp3) is 0.222. The van der Waals surface area contributed by atoms with Crippen molar-refractivity contribution in [2.24, 2.45) is 0 Å². The van der Waals surface area contributed by atoms with Gasteiger partial charge in [-0.1, -0.05) is 30.3 Å². The van der Waals surface area contributed by atoms with Crippen molar-refractivity contribution in [2.75, 3.05) is 13.6 Å². The van der Waals surface area contributed by atoms with Crippen molar-refractivity contribution in [3.05, 3.63) is 69.6 Å². The number of hydrogen-bond acceptors (Lipinski definition) is 4. The third-order valence-corrected chi connectivity index (χ3v) is 3.53. The van der Waals surface area contributed by atoms with Gasteiger partial charge < -0.3 is 15.2 Å². The molecule has 2 amide bonds. The molecule has 0 saturated heterocycles. The molecule has 1 aromatic heterocycles. The number of amides is 2. The van der Waals surface area contributed by atoms with Crippen LogP contribution in [0.25, 0.3) is 0 Å². The summed E-state index contributed by atoms with van der Waals surface area (Å²) in [7, 11) is 1.59. The Hall–Kier alpha value is -3.40. The number of carbonyl (C=O) groups is 2. The van der Waals surface area contributed by atoms with Crippen LogP contribution < -0.4 is 10.9 Å². The number of carbonyl (C=O) groups excluding carboxylic acids is 2. The van der Waals surface area contributed by atoms with Gasteiger partial charge in [-0.15, -0.1) is 0 Å². The molecule has 7 heteroatoms. The van der Waals surface area contributed by atoms with E-state index in [1.165, 1.54) is 17.2 Å². The van der Waals surface area contributed by atoms with E-state index < -0.39 is 17.4 Å². The van der Waals surface area contributed by atoms with Crippen molar-refractivity contribution in [3.8, 4) is 6.07 Å². The first-order valence-electron chi connectivity index (χ1n) is 7.70. The van der Waals surface area contributed by atoms with Gasteiger partial charge in [0.15, 0.2) is 0 Å². The lowest BCUT2D eigenvalue weighted by molar-refractivity contribution is 0.0783. The van der Waals surface area contributed by atoms with Gasteiger partial charge in [0.05, 0.1) is 18.1 Å². The van der Waals surface area contributed by atoms with Crippen molar-refractivity contribution in [1.29, 1.82) is 5.26 Å². The number of rotatable bonds is 6. The fourth-order valence-corrected chi connectivity index (χ4v) is 2.24. The highest BCUT2D eigenvalue weighted by molar-refractivity contribution is 5.99. The summed E-state index contributed by atoms with van der Waals surface area (Å²) in [5, 5.41) is 11.0. The van der Waals surface area contributed by atoms with Gasteiger partial charge >= 0.3 is 0 Å². The monoisotopic (exact) mass is 338 g/mol. The average Bonchev–Trinajstić information content (AvgIpc) is 2.62. The molecule has 0 bridgehead atoms. The Morgan fingerprint density at radius 1 is 1.28 bits per heavy atom. The van der Waals surface area contributed by atoms with E-state index in [1.807, 2.05) is 36.4 Å². The van der Waals surface area contributed by atoms with E-state index in [-0.39, 0.29) is 24.1 Å². The van der Waals surface area contributed by atoms with Crippen molar-refractivity contribution in [3.63, 3.8) is 0 Å². The van der Waals surface area contributed by atoms with Crippen molar-refractivity contribution in [1.82, 2.24) is 15.2 Å². The van der Waals surface area contributed by atoms with Crippen molar-refractivity contribution in [2.45, 2.75) is 13.0 Å². The van der Waals surface area contributed by atoms with E-state index in [1.54, 1.807) is 7.05 Å². The summed E-state index contributed by atoms with van der Waals surface area (Å²) in [5.41, 5.74) is 0.430. The molecule has 0 unspecified atom stereocenters. The molecule has 1 heterocycles. The summed E-state index contributed by atoms with van der Waals surface area (Å²) in [6.45, 7) is 0.545. The Morgan fingerprint density at radius 2 is 2.00 bits per heavy atom. The number of nitrogens with one attached hydrogen (secondary N) is 2. The molecule has 0 fully saturated rings. The molecule has 0 aliphatic rings. The van der Waals surface area contributed by atoms with Crippen LogP contribution in [0.4, 0.5) is 0 Å². The number of aromatic nitrogens is 1. The molecule has 2 rings (SSSR count). The third-order valence-electron chi connectivity index (χ3n) is 3.53. The van der Waals surface area contributed by atoms with Crippen LogP contribution in [0.15, 0.2) is 47.4 Å². The van der Waals surface area contributed by atoms with Crippen LogP contribution in [-0.2, 0) is 6.54 Å². The first-order valence-corrected chi connectivity index (χ1v) is 7.70. The van der Waals surface area contributed by atoms with Crippen LogP contribution in [-0.4, -0.2) is 35.3 Å². The summed E-state index contributed by atoms with van der Waals surface area (Å²) in [6.07, 6.45) is 1.43. The minimum atomic E-state index is -0.557. The third kappa shape index (κ3) is 4.78. The molecular weight excluding hydrogens is 320 g/mol. The van der Waals surface area contributed by atoms with Crippen LogP contribution >= 0.6 is 0 Å². The van der Waals surface area contributed by atoms with Gasteiger partial charge in [-0.3, -0.25) is 14.4 Å². The summed E-state index contributed by atoms with van der Waals surface area (Å²) < 4.78 is 0. The Balaban J connectivity index is 2.16. The molecule has 128 valence electrons. The minimum Gasteiger partial charge on any atom is -0.351 e. The van der Waals surface area contributed by atoms with E-state index in [9.17, 15) is 14.4 Å². The summed E-state index contributed by atoms with van der Waals surface area (Å²) >= 11 is 0. The highest BCUT2D eigenvalue weighted by atomic mass is 16.2. The lowest BCUT2D eigenvalue weighted by atomic mass is 10.1. The number of nitrogens with zero attached hydrogens (tertiary/aromatic N) is 2. The Kier molecular flexibility index (Phi) is 6.07. The highest BCUT2D eigenvalue weighted by Crippen LogP contribution is 2.07. The highest BCUT2D eigenvalue weighted by Gasteiger charge is 2.18. The Labute approximate surface area is 144 Å². The van der Waals surface area contributed by atoms with Gasteiger partial charge in [0.25, 0.3) is 17.4 Å². The lowest BCUT2D eigenvalue weighted by Crippen LogP contribution is -2.32. The number of hydrogen-bond donors (Lipinski definition) is 2. The summed E-state index contributed by atoms with van der Waals surface area (Å²) in [6, 6.07) is 12.6. The predicted molar refractivity (Wildman–Crippen MR) is 91.9 cm³/mol. The van der Waals surface area contributed by atoms with Crippen LogP contribution in [0.5, 0.6) is 0 Å². The molecule has 0 radical (unpaired) electrons. The second kappa shape index (κ2) is 8.45. The average molecular weight is 338 g/mol. The van der Waals surface area contributed by atoms with Crippen molar-refractivity contribution >= 4 is 11.8 Å². The normalized spacial score (nSPS) is 9.92. The Morgan fingerprint density at radius 3 is 2.68 bits per heavy atom. The first kappa shape index (κ1) is 17.9. The number of benzene rings is 1. The molecule has 0 aliphatic heterocycles. The molecule has 0 atom stereocenters. The van der Waals surface area contributed by atoms with E-state index >= 15 is 0 Å². The molecule has 2 aromatic rings. The lowest BCUT2D eigenvalue weighted by Gasteiger charge is -2.17. The number of H-pyrrole nitrogens is 1. The fourth-order valence-electron chi connectivity index (χ4n) is 2.24. The van der Waals surface area contributed by atoms with Gasteiger partial charge in [-0.25, -0.2) is 0 Å². The van der Waals surface area contributed by atoms with Crippen LogP contribution in [0.1, 0.15) is 32.7 Å². The molecule has 2 N–H and O–H groups in total.